The summed E-state index contributed by atoms with van der Waals surface area (Å²) < 4.78 is 26.4. The number of hydrogen-bond acceptors (Lipinski definition) is 4. The molecule has 0 spiro atoms. The second-order valence-electron chi connectivity index (χ2n) is 6.98. The highest BCUT2D eigenvalue weighted by atomic mass is 32.2. The van der Waals surface area contributed by atoms with Gasteiger partial charge in [0.25, 0.3) is 0 Å². The van der Waals surface area contributed by atoms with Gasteiger partial charge in [-0.05, 0) is 43.0 Å². The van der Waals surface area contributed by atoms with Crippen molar-refractivity contribution in [2.45, 2.75) is 44.2 Å². The van der Waals surface area contributed by atoms with Gasteiger partial charge in [-0.25, -0.2) is 8.42 Å². The van der Waals surface area contributed by atoms with E-state index in [1.165, 1.54) is 9.18 Å². The molecule has 2 rings (SSSR count). The van der Waals surface area contributed by atoms with Crippen molar-refractivity contribution < 1.29 is 8.42 Å². The minimum Gasteiger partial charge on any atom is -0.356 e. The largest absolute Gasteiger partial charge is 0.356 e. The van der Waals surface area contributed by atoms with Crippen LogP contribution in [0.3, 0.4) is 0 Å². The Morgan fingerprint density at radius 1 is 1.14 bits per heavy atom. The molecule has 1 aromatic carbocycles. The number of benzene rings is 1. The number of thiophene rings is 1. The summed E-state index contributed by atoms with van der Waals surface area (Å²) in [6, 6.07) is 11.1. The van der Waals surface area contributed by atoms with Crippen LogP contribution in [-0.2, 0) is 16.6 Å². The molecule has 0 aliphatic carbocycles. The van der Waals surface area contributed by atoms with Crippen molar-refractivity contribution in [3.05, 3.63) is 52.2 Å². The van der Waals surface area contributed by atoms with Crippen LogP contribution in [0.15, 0.2) is 51.7 Å². The van der Waals surface area contributed by atoms with Crippen LogP contribution in [0, 0.1) is 0 Å². The van der Waals surface area contributed by atoms with E-state index in [-0.39, 0.29) is 6.04 Å². The average molecular weight is 423 g/mol. The minimum atomic E-state index is -3.45. The Hall–Kier alpha value is -1.90. The lowest BCUT2D eigenvalue weighted by Crippen LogP contribution is -2.38. The van der Waals surface area contributed by atoms with E-state index in [4.69, 9.17) is 0 Å². The van der Waals surface area contributed by atoms with Crippen molar-refractivity contribution in [1.82, 2.24) is 14.9 Å². The van der Waals surface area contributed by atoms with E-state index in [1.54, 1.807) is 37.6 Å². The molecule has 0 saturated carbocycles. The first-order chi connectivity index (χ1) is 13.3. The van der Waals surface area contributed by atoms with Crippen molar-refractivity contribution in [2.24, 2.45) is 4.99 Å². The van der Waals surface area contributed by atoms with E-state index in [1.807, 2.05) is 26.0 Å². The van der Waals surface area contributed by atoms with E-state index in [9.17, 15) is 8.42 Å². The van der Waals surface area contributed by atoms with Crippen LogP contribution in [0.2, 0.25) is 0 Å². The molecule has 1 heterocycles. The van der Waals surface area contributed by atoms with Gasteiger partial charge in [0.15, 0.2) is 5.96 Å². The summed E-state index contributed by atoms with van der Waals surface area (Å²) in [6.07, 6.45) is 0. The number of nitrogens with zero attached hydrogens (tertiary/aromatic N) is 2. The molecule has 28 heavy (non-hydrogen) atoms. The summed E-state index contributed by atoms with van der Waals surface area (Å²) in [5.41, 5.74) is 0.986. The van der Waals surface area contributed by atoms with Crippen molar-refractivity contribution in [1.29, 1.82) is 0 Å². The maximum atomic E-state index is 12.5. The maximum absolute atomic E-state index is 12.5. The summed E-state index contributed by atoms with van der Waals surface area (Å²) in [4.78, 5) is 5.90. The second kappa shape index (κ2) is 10.0. The molecule has 1 aromatic heterocycles. The first-order valence-electron chi connectivity index (χ1n) is 9.30. The third-order valence-corrected chi connectivity index (χ3v) is 7.77. The standard InChI is InChI=1S/C20H30N4O2S2/c1-15(2)24(5)28(25,26)18-10-8-17(9-11-18)14-23-20(21-4)22-13-16(3)19-7-6-12-27-19/h6-12,15-16H,13-14H2,1-5H3,(H2,21,22,23). The molecular weight excluding hydrogens is 392 g/mol. The topological polar surface area (TPSA) is 73.8 Å². The smallest absolute Gasteiger partial charge is 0.243 e. The van der Waals surface area contributed by atoms with E-state index in [0.29, 0.717) is 17.4 Å². The zero-order chi connectivity index (χ0) is 20.7. The average Bonchev–Trinajstić information content (AvgIpc) is 3.22. The van der Waals surface area contributed by atoms with Crippen LogP contribution in [-0.4, -0.2) is 45.4 Å². The fourth-order valence-electron chi connectivity index (χ4n) is 2.55. The van der Waals surface area contributed by atoms with Gasteiger partial charge >= 0.3 is 0 Å². The van der Waals surface area contributed by atoms with Gasteiger partial charge in [0, 0.05) is 44.0 Å². The Morgan fingerprint density at radius 2 is 1.82 bits per heavy atom. The highest BCUT2D eigenvalue weighted by Crippen LogP contribution is 2.19. The third kappa shape index (κ3) is 5.80. The van der Waals surface area contributed by atoms with Gasteiger partial charge in [0.1, 0.15) is 0 Å². The lowest BCUT2D eigenvalue weighted by Gasteiger charge is -2.21. The van der Waals surface area contributed by atoms with Crippen LogP contribution in [0.4, 0.5) is 0 Å². The number of sulfonamides is 1. The van der Waals surface area contributed by atoms with Crippen LogP contribution < -0.4 is 10.6 Å². The zero-order valence-corrected chi connectivity index (χ0v) is 18.8. The SMILES string of the molecule is CN=C(NCc1ccc(S(=O)(=O)N(C)C(C)C)cc1)NCC(C)c1cccs1. The summed E-state index contributed by atoms with van der Waals surface area (Å²) in [6.45, 7) is 7.24. The van der Waals surface area contributed by atoms with Crippen molar-refractivity contribution in [2.75, 3.05) is 20.6 Å². The summed E-state index contributed by atoms with van der Waals surface area (Å²) >= 11 is 1.75. The van der Waals surface area contributed by atoms with Gasteiger partial charge < -0.3 is 10.6 Å². The summed E-state index contributed by atoms with van der Waals surface area (Å²) in [5.74, 6) is 1.13. The van der Waals surface area contributed by atoms with Crippen LogP contribution in [0.25, 0.3) is 0 Å². The molecule has 0 fully saturated rings. The van der Waals surface area contributed by atoms with Gasteiger partial charge in [0.05, 0.1) is 4.90 Å². The third-order valence-electron chi connectivity index (χ3n) is 4.62. The maximum Gasteiger partial charge on any atom is 0.243 e. The Kier molecular flexibility index (Phi) is 8.03. The molecule has 0 saturated heterocycles. The Morgan fingerprint density at radius 3 is 2.36 bits per heavy atom. The molecule has 0 aliphatic rings. The molecule has 0 amide bonds. The normalized spacial score (nSPS) is 13.8. The van der Waals surface area contributed by atoms with Gasteiger partial charge in [-0.2, -0.15) is 4.31 Å². The van der Waals surface area contributed by atoms with E-state index < -0.39 is 10.0 Å². The molecular formula is C20H30N4O2S2. The molecule has 0 aliphatic heterocycles. The van der Waals surface area contributed by atoms with Crippen LogP contribution >= 0.6 is 11.3 Å². The Balaban J connectivity index is 1.91. The van der Waals surface area contributed by atoms with Gasteiger partial charge in [-0.1, -0.05) is 25.1 Å². The first kappa shape index (κ1) is 22.4. The quantitative estimate of drug-likeness (QED) is 0.506. The minimum absolute atomic E-state index is 0.0858. The molecule has 1 unspecified atom stereocenters. The lowest BCUT2D eigenvalue weighted by molar-refractivity contribution is 0.410. The lowest BCUT2D eigenvalue weighted by atomic mass is 10.1. The molecule has 2 N–H and O–H groups in total. The van der Waals surface area contributed by atoms with Crippen LogP contribution in [0.1, 0.15) is 37.1 Å². The number of guanidine groups is 1. The molecule has 6 nitrogen and oxygen atoms in total. The monoisotopic (exact) mass is 422 g/mol. The highest BCUT2D eigenvalue weighted by molar-refractivity contribution is 7.89. The Labute approximate surface area is 172 Å². The first-order valence-corrected chi connectivity index (χ1v) is 11.6. The van der Waals surface area contributed by atoms with E-state index in [0.717, 1.165) is 18.1 Å². The predicted octanol–water partition coefficient (Wildman–Crippen LogP) is 3.25. The number of rotatable bonds is 8. The van der Waals surface area contributed by atoms with Crippen molar-refractivity contribution in [3.8, 4) is 0 Å². The van der Waals surface area contributed by atoms with Crippen molar-refractivity contribution in [3.63, 3.8) is 0 Å². The number of aliphatic imine (C=N–C) groups is 1. The number of nitrogens with one attached hydrogen (secondary N) is 2. The Bertz CT molecular complexity index is 860. The fourth-order valence-corrected chi connectivity index (χ4v) is 4.71. The van der Waals surface area contributed by atoms with Gasteiger partial charge in [-0.3, -0.25) is 4.99 Å². The molecule has 0 radical (unpaired) electrons. The molecule has 154 valence electrons. The molecule has 2 aromatic rings. The molecule has 8 heteroatoms. The summed E-state index contributed by atoms with van der Waals surface area (Å²) in [5, 5.41) is 8.69. The van der Waals surface area contributed by atoms with Gasteiger partial charge in [0.2, 0.25) is 10.0 Å². The highest BCUT2D eigenvalue weighted by Gasteiger charge is 2.22. The van der Waals surface area contributed by atoms with Gasteiger partial charge in [-0.15, -0.1) is 11.3 Å². The van der Waals surface area contributed by atoms with Crippen LogP contribution in [0.5, 0.6) is 0 Å². The van der Waals surface area contributed by atoms with Crippen molar-refractivity contribution >= 4 is 27.3 Å². The predicted molar refractivity (Wildman–Crippen MR) is 117 cm³/mol. The summed E-state index contributed by atoms with van der Waals surface area (Å²) in [7, 11) is -0.115. The zero-order valence-electron chi connectivity index (χ0n) is 17.1. The number of hydrogen-bond donors (Lipinski definition) is 2. The van der Waals surface area contributed by atoms with E-state index >= 15 is 0 Å². The molecule has 0 bridgehead atoms. The van der Waals surface area contributed by atoms with E-state index in [2.05, 4.69) is 40.1 Å². The fraction of sp³-hybridized carbons (Fsp3) is 0.450. The molecule has 1 atom stereocenters. The second-order valence-corrected chi connectivity index (χ2v) is 9.96.